The third-order valence-corrected chi connectivity index (χ3v) is 3.88. The van der Waals surface area contributed by atoms with Gasteiger partial charge in [-0.15, -0.1) is 0 Å². The number of benzene rings is 1. The van der Waals surface area contributed by atoms with Crippen LogP contribution >= 0.6 is 0 Å². The SMILES string of the molecule is O=C(O)c1cc([N+](=O)[O-])ccc1N1CCN(c2ncccn2)CC1. The van der Waals surface area contributed by atoms with E-state index in [4.69, 9.17) is 0 Å². The van der Waals surface area contributed by atoms with Crippen molar-refractivity contribution >= 4 is 23.3 Å². The van der Waals surface area contributed by atoms with Crippen molar-refractivity contribution in [3.8, 4) is 0 Å². The molecular formula is C15H15N5O4. The first-order valence-electron chi connectivity index (χ1n) is 7.35. The first-order chi connectivity index (χ1) is 11.6. The van der Waals surface area contributed by atoms with Crippen molar-refractivity contribution in [3.63, 3.8) is 0 Å². The molecule has 1 aromatic carbocycles. The molecule has 2 aromatic rings. The molecule has 0 saturated carbocycles. The Morgan fingerprint density at radius 1 is 1.12 bits per heavy atom. The molecule has 1 aliphatic heterocycles. The van der Waals surface area contributed by atoms with Gasteiger partial charge in [-0.2, -0.15) is 0 Å². The van der Waals surface area contributed by atoms with Gasteiger partial charge < -0.3 is 14.9 Å². The summed E-state index contributed by atoms with van der Waals surface area (Å²) in [7, 11) is 0. The van der Waals surface area contributed by atoms with Crippen LogP contribution in [0, 0.1) is 10.1 Å². The second kappa shape index (κ2) is 6.49. The number of aromatic nitrogens is 2. The van der Waals surface area contributed by atoms with Crippen molar-refractivity contribution in [2.45, 2.75) is 0 Å². The molecule has 0 atom stereocenters. The zero-order valence-electron chi connectivity index (χ0n) is 12.7. The smallest absolute Gasteiger partial charge is 0.338 e. The highest BCUT2D eigenvalue weighted by molar-refractivity contribution is 5.95. The molecule has 0 bridgehead atoms. The summed E-state index contributed by atoms with van der Waals surface area (Å²) in [4.78, 5) is 34.0. The van der Waals surface area contributed by atoms with Crippen molar-refractivity contribution in [2.24, 2.45) is 0 Å². The van der Waals surface area contributed by atoms with E-state index in [1.807, 2.05) is 9.80 Å². The van der Waals surface area contributed by atoms with Gasteiger partial charge in [0.25, 0.3) is 5.69 Å². The number of carboxylic acids is 1. The first kappa shape index (κ1) is 15.7. The first-order valence-corrected chi connectivity index (χ1v) is 7.35. The van der Waals surface area contributed by atoms with Crippen LogP contribution < -0.4 is 9.80 Å². The molecule has 0 amide bonds. The Bertz CT molecular complexity index is 760. The Hall–Kier alpha value is -3.23. The average molecular weight is 329 g/mol. The Kier molecular flexibility index (Phi) is 4.23. The minimum absolute atomic E-state index is 0.0615. The number of anilines is 2. The molecular weight excluding hydrogens is 314 g/mol. The van der Waals surface area contributed by atoms with Crippen LogP contribution in [0.25, 0.3) is 0 Å². The third-order valence-electron chi connectivity index (χ3n) is 3.88. The molecule has 0 radical (unpaired) electrons. The number of aromatic carboxylic acids is 1. The molecule has 0 unspecified atom stereocenters. The summed E-state index contributed by atoms with van der Waals surface area (Å²) >= 11 is 0. The number of hydrogen-bond donors (Lipinski definition) is 1. The van der Waals surface area contributed by atoms with Gasteiger partial charge in [0, 0.05) is 50.7 Å². The van der Waals surface area contributed by atoms with Crippen molar-refractivity contribution in [1.82, 2.24) is 9.97 Å². The van der Waals surface area contributed by atoms with E-state index in [2.05, 4.69) is 9.97 Å². The normalized spacial score (nSPS) is 14.5. The molecule has 9 nitrogen and oxygen atoms in total. The third kappa shape index (κ3) is 3.09. The van der Waals surface area contributed by atoms with E-state index in [1.165, 1.54) is 12.1 Å². The molecule has 0 spiro atoms. The molecule has 1 N–H and O–H groups in total. The van der Waals surface area contributed by atoms with Gasteiger partial charge in [-0.3, -0.25) is 10.1 Å². The average Bonchev–Trinajstić information content (AvgIpc) is 2.62. The Morgan fingerprint density at radius 2 is 1.75 bits per heavy atom. The fourth-order valence-corrected chi connectivity index (χ4v) is 2.69. The van der Waals surface area contributed by atoms with E-state index in [1.54, 1.807) is 18.5 Å². The van der Waals surface area contributed by atoms with Gasteiger partial charge in [0.05, 0.1) is 16.2 Å². The molecule has 1 aromatic heterocycles. The molecule has 1 saturated heterocycles. The van der Waals surface area contributed by atoms with Gasteiger partial charge in [0.2, 0.25) is 5.95 Å². The summed E-state index contributed by atoms with van der Waals surface area (Å²) in [6, 6.07) is 5.67. The minimum atomic E-state index is -1.18. The standard InChI is InChI=1S/C15H15N5O4/c21-14(22)12-10-11(20(23)24)2-3-13(12)18-6-8-19(9-7-18)15-16-4-1-5-17-15/h1-5,10H,6-9H2,(H,21,22). The number of rotatable bonds is 4. The van der Waals surface area contributed by atoms with Gasteiger partial charge >= 0.3 is 5.97 Å². The monoisotopic (exact) mass is 329 g/mol. The van der Waals surface area contributed by atoms with E-state index < -0.39 is 10.9 Å². The predicted octanol–water partition coefficient (Wildman–Crippen LogP) is 1.41. The Morgan fingerprint density at radius 3 is 2.33 bits per heavy atom. The van der Waals surface area contributed by atoms with Crippen LogP contribution in [0.4, 0.5) is 17.3 Å². The number of piperazine rings is 1. The maximum Gasteiger partial charge on any atom is 0.338 e. The molecule has 9 heteroatoms. The number of nitro benzene ring substituents is 1. The number of non-ortho nitro benzene ring substituents is 1. The maximum absolute atomic E-state index is 11.4. The van der Waals surface area contributed by atoms with Gasteiger partial charge in [-0.25, -0.2) is 14.8 Å². The molecule has 3 rings (SSSR count). The summed E-state index contributed by atoms with van der Waals surface area (Å²) in [6.07, 6.45) is 3.35. The largest absolute Gasteiger partial charge is 0.478 e. The van der Waals surface area contributed by atoms with E-state index in [0.29, 0.717) is 37.8 Å². The van der Waals surface area contributed by atoms with Gasteiger partial charge in [0.15, 0.2) is 0 Å². The summed E-state index contributed by atoms with van der Waals surface area (Å²) in [5, 5.41) is 20.2. The summed E-state index contributed by atoms with van der Waals surface area (Å²) in [5.74, 6) is -0.540. The molecule has 1 fully saturated rings. The van der Waals surface area contributed by atoms with Crippen molar-refractivity contribution < 1.29 is 14.8 Å². The fraction of sp³-hybridized carbons (Fsp3) is 0.267. The summed E-state index contributed by atoms with van der Waals surface area (Å²) < 4.78 is 0. The molecule has 0 aliphatic carbocycles. The Labute approximate surface area is 137 Å². The highest BCUT2D eigenvalue weighted by atomic mass is 16.6. The number of nitro groups is 1. The molecule has 24 heavy (non-hydrogen) atoms. The second-order valence-electron chi connectivity index (χ2n) is 5.29. The van der Waals surface area contributed by atoms with Crippen LogP contribution in [-0.2, 0) is 0 Å². The number of hydrogen-bond acceptors (Lipinski definition) is 7. The van der Waals surface area contributed by atoms with E-state index in [9.17, 15) is 20.0 Å². The zero-order chi connectivity index (χ0) is 17.1. The van der Waals surface area contributed by atoms with Gasteiger partial charge in [-0.05, 0) is 12.1 Å². The van der Waals surface area contributed by atoms with Crippen LogP contribution in [0.2, 0.25) is 0 Å². The van der Waals surface area contributed by atoms with Crippen molar-refractivity contribution in [2.75, 3.05) is 36.0 Å². The Balaban J connectivity index is 1.79. The highest BCUT2D eigenvalue weighted by Crippen LogP contribution is 2.27. The maximum atomic E-state index is 11.4. The molecule has 124 valence electrons. The second-order valence-corrected chi connectivity index (χ2v) is 5.29. The minimum Gasteiger partial charge on any atom is -0.478 e. The van der Waals surface area contributed by atoms with Crippen LogP contribution in [0.15, 0.2) is 36.7 Å². The topological polar surface area (TPSA) is 113 Å². The summed E-state index contributed by atoms with van der Waals surface area (Å²) in [5.41, 5.74) is 0.197. The number of carboxylic acid groups (broad SMARTS) is 1. The van der Waals surface area contributed by atoms with E-state index in [-0.39, 0.29) is 11.3 Å². The number of carbonyl (C=O) groups is 1. The van der Waals surface area contributed by atoms with E-state index >= 15 is 0 Å². The lowest BCUT2D eigenvalue weighted by molar-refractivity contribution is -0.384. The van der Waals surface area contributed by atoms with Crippen molar-refractivity contribution in [1.29, 1.82) is 0 Å². The lowest BCUT2D eigenvalue weighted by atomic mass is 10.1. The molecule has 1 aliphatic rings. The van der Waals surface area contributed by atoms with Crippen LogP contribution in [0.5, 0.6) is 0 Å². The quantitative estimate of drug-likeness (QED) is 0.662. The van der Waals surface area contributed by atoms with Crippen LogP contribution in [-0.4, -0.2) is 52.1 Å². The zero-order valence-corrected chi connectivity index (χ0v) is 12.7. The van der Waals surface area contributed by atoms with Crippen LogP contribution in [0.1, 0.15) is 10.4 Å². The highest BCUT2D eigenvalue weighted by Gasteiger charge is 2.24. The molecule has 2 heterocycles. The van der Waals surface area contributed by atoms with Gasteiger partial charge in [-0.1, -0.05) is 0 Å². The van der Waals surface area contributed by atoms with Crippen LogP contribution in [0.3, 0.4) is 0 Å². The van der Waals surface area contributed by atoms with Gasteiger partial charge in [0.1, 0.15) is 0 Å². The predicted molar refractivity (Wildman–Crippen MR) is 86.5 cm³/mol. The lowest BCUT2D eigenvalue weighted by Gasteiger charge is -2.36. The summed E-state index contributed by atoms with van der Waals surface area (Å²) in [6.45, 7) is 2.44. The fourth-order valence-electron chi connectivity index (χ4n) is 2.69. The van der Waals surface area contributed by atoms with Crippen molar-refractivity contribution in [3.05, 3.63) is 52.3 Å². The lowest BCUT2D eigenvalue weighted by Crippen LogP contribution is -2.47. The van der Waals surface area contributed by atoms with E-state index in [0.717, 1.165) is 6.07 Å². The number of nitrogens with zero attached hydrogens (tertiary/aromatic N) is 5.